The first-order valence-corrected chi connectivity index (χ1v) is 9.02. The summed E-state index contributed by atoms with van der Waals surface area (Å²) in [5.41, 5.74) is 1.07. The first-order valence-electron chi connectivity index (χ1n) is 7.58. The molecule has 0 atom stereocenters. The molecule has 2 aromatic carbocycles. The second-order valence-corrected chi connectivity index (χ2v) is 7.43. The molecule has 2 rings (SSSR count). The van der Waals surface area contributed by atoms with E-state index in [0.29, 0.717) is 5.56 Å². The molecule has 0 unspecified atom stereocenters. The van der Waals surface area contributed by atoms with Crippen LogP contribution in [0.1, 0.15) is 11.1 Å². The molecule has 0 bridgehead atoms. The Kier molecular flexibility index (Phi) is 5.61. The molecule has 8 nitrogen and oxygen atoms in total. The third-order valence-electron chi connectivity index (χ3n) is 3.76. The van der Waals surface area contributed by atoms with Crippen LogP contribution in [0, 0.1) is 24.0 Å². The summed E-state index contributed by atoms with van der Waals surface area (Å²) in [4.78, 5) is 21.8. The van der Waals surface area contributed by atoms with E-state index in [0.717, 1.165) is 29.1 Å². The van der Waals surface area contributed by atoms with Gasteiger partial charge in [-0.2, -0.15) is 0 Å². The average molecular weight is 378 g/mol. The lowest BCUT2D eigenvalue weighted by Crippen LogP contribution is -2.37. The Morgan fingerprint density at radius 1 is 1.19 bits per heavy atom. The van der Waals surface area contributed by atoms with Crippen molar-refractivity contribution in [3.63, 3.8) is 0 Å². The predicted octanol–water partition coefficient (Wildman–Crippen LogP) is 2.58. The van der Waals surface area contributed by atoms with Gasteiger partial charge >= 0.3 is 5.97 Å². The number of carbonyl (C=O) groups excluding carboxylic acids is 1. The summed E-state index contributed by atoms with van der Waals surface area (Å²) < 4.78 is 31.8. The molecule has 2 aromatic rings. The van der Waals surface area contributed by atoms with Gasteiger partial charge in [-0.15, -0.1) is 0 Å². The van der Waals surface area contributed by atoms with E-state index in [9.17, 15) is 23.3 Å². The Morgan fingerprint density at radius 2 is 1.85 bits per heavy atom. The highest BCUT2D eigenvalue weighted by Gasteiger charge is 2.34. The van der Waals surface area contributed by atoms with Crippen LogP contribution in [-0.2, 0) is 19.6 Å². The van der Waals surface area contributed by atoms with Gasteiger partial charge in [-0.3, -0.25) is 19.2 Å². The normalized spacial score (nSPS) is 11.0. The van der Waals surface area contributed by atoms with Crippen LogP contribution in [0.3, 0.4) is 0 Å². The van der Waals surface area contributed by atoms with Crippen molar-refractivity contribution in [1.82, 2.24) is 0 Å². The Bertz CT molecular complexity index is 955. The number of methoxy groups -OCH3 is 1. The van der Waals surface area contributed by atoms with Gasteiger partial charge in [-0.1, -0.05) is 24.3 Å². The third-order valence-corrected chi connectivity index (χ3v) is 5.57. The summed E-state index contributed by atoms with van der Waals surface area (Å²) in [6.07, 6.45) is 0. The zero-order chi connectivity index (χ0) is 19.5. The van der Waals surface area contributed by atoms with Crippen LogP contribution in [0.15, 0.2) is 47.4 Å². The lowest BCUT2D eigenvalue weighted by atomic mass is 10.1. The molecular formula is C17H18N2O6S. The lowest BCUT2D eigenvalue weighted by molar-refractivity contribution is -0.387. The smallest absolute Gasteiger partial charge is 0.326 e. The number of para-hydroxylation sites is 1. The molecular weight excluding hydrogens is 360 g/mol. The van der Waals surface area contributed by atoms with Crippen LogP contribution in [0.2, 0.25) is 0 Å². The highest BCUT2D eigenvalue weighted by atomic mass is 32.2. The molecule has 138 valence electrons. The van der Waals surface area contributed by atoms with E-state index in [-0.39, 0.29) is 5.69 Å². The SMILES string of the molecule is COC(=O)CN(c1cc(C)ccc1C)S(=O)(=O)c1ccccc1[N+](=O)[O-]. The van der Waals surface area contributed by atoms with Crippen molar-refractivity contribution in [2.24, 2.45) is 0 Å². The van der Waals surface area contributed by atoms with E-state index < -0.39 is 38.0 Å². The van der Waals surface area contributed by atoms with Crippen LogP contribution in [0.25, 0.3) is 0 Å². The minimum atomic E-state index is -4.38. The van der Waals surface area contributed by atoms with Crippen molar-refractivity contribution in [1.29, 1.82) is 0 Å². The van der Waals surface area contributed by atoms with E-state index in [2.05, 4.69) is 4.74 Å². The fraction of sp³-hybridized carbons (Fsp3) is 0.235. The quantitative estimate of drug-likeness (QED) is 0.434. The monoisotopic (exact) mass is 378 g/mol. The second-order valence-electron chi connectivity index (χ2n) is 5.60. The topological polar surface area (TPSA) is 107 Å². The van der Waals surface area contributed by atoms with E-state index in [1.165, 1.54) is 12.1 Å². The maximum atomic E-state index is 13.2. The number of aryl methyl sites for hydroxylation is 2. The largest absolute Gasteiger partial charge is 0.468 e. The molecule has 0 aliphatic heterocycles. The first-order chi connectivity index (χ1) is 12.2. The molecule has 26 heavy (non-hydrogen) atoms. The van der Waals surface area contributed by atoms with Crippen molar-refractivity contribution < 1.29 is 22.9 Å². The Labute approximate surface area is 151 Å². The third kappa shape index (κ3) is 3.83. The number of anilines is 1. The van der Waals surface area contributed by atoms with E-state index in [1.54, 1.807) is 32.0 Å². The van der Waals surface area contributed by atoms with Gasteiger partial charge < -0.3 is 4.74 Å². The number of hydrogen-bond acceptors (Lipinski definition) is 6. The van der Waals surface area contributed by atoms with Crippen LogP contribution < -0.4 is 4.31 Å². The molecule has 9 heteroatoms. The summed E-state index contributed by atoms with van der Waals surface area (Å²) in [7, 11) is -3.24. The number of benzene rings is 2. The number of carbonyl (C=O) groups is 1. The molecule has 0 aliphatic rings. The average Bonchev–Trinajstić information content (AvgIpc) is 2.61. The summed E-state index contributed by atoms with van der Waals surface area (Å²) in [5, 5.41) is 11.3. The van der Waals surface area contributed by atoms with E-state index in [1.807, 2.05) is 0 Å². The van der Waals surface area contributed by atoms with Gasteiger partial charge in [-0.25, -0.2) is 8.42 Å². The van der Waals surface area contributed by atoms with Crippen LogP contribution in [0.4, 0.5) is 11.4 Å². The Hall–Kier alpha value is -2.94. The number of hydrogen-bond donors (Lipinski definition) is 0. The van der Waals surface area contributed by atoms with Crippen molar-refractivity contribution in [3.05, 3.63) is 63.7 Å². The molecule has 0 radical (unpaired) electrons. The van der Waals surface area contributed by atoms with Gasteiger partial charge in [0.1, 0.15) is 6.54 Å². The van der Waals surface area contributed by atoms with Crippen molar-refractivity contribution in [2.45, 2.75) is 18.7 Å². The number of esters is 1. The maximum Gasteiger partial charge on any atom is 0.326 e. The number of ether oxygens (including phenoxy) is 1. The van der Waals surface area contributed by atoms with Crippen molar-refractivity contribution in [2.75, 3.05) is 18.0 Å². The lowest BCUT2D eigenvalue weighted by Gasteiger charge is -2.25. The van der Waals surface area contributed by atoms with Gasteiger partial charge in [0.25, 0.3) is 15.7 Å². The minimum absolute atomic E-state index is 0.258. The fourth-order valence-corrected chi connectivity index (χ4v) is 4.04. The Morgan fingerprint density at radius 3 is 2.46 bits per heavy atom. The summed E-state index contributed by atoms with van der Waals surface area (Å²) >= 11 is 0. The van der Waals surface area contributed by atoms with E-state index >= 15 is 0 Å². The molecule has 0 fully saturated rings. The highest BCUT2D eigenvalue weighted by molar-refractivity contribution is 7.93. The number of sulfonamides is 1. The standard InChI is InChI=1S/C17H18N2O6S/c1-12-8-9-13(2)15(10-12)18(11-17(20)25-3)26(23,24)16-7-5-4-6-14(16)19(21)22/h4-10H,11H2,1-3H3. The minimum Gasteiger partial charge on any atom is -0.468 e. The number of nitro benzene ring substituents is 1. The Balaban J connectivity index is 2.71. The van der Waals surface area contributed by atoms with Crippen LogP contribution in [-0.4, -0.2) is 33.0 Å². The summed E-state index contributed by atoms with van der Waals surface area (Å²) in [6, 6.07) is 10.1. The van der Waals surface area contributed by atoms with Gasteiger partial charge in [-0.05, 0) is 37.1 Å². The van der Waals surface area contributed by atoms with Crippen molar-refractivity contribution >= 4 is 27.4 Å². The molecule has 0 N–H and O–H groups in total. The zero-order valence-electron chi connectivity index (χ0n) is 14.5. The van der Waals surface area contributed by atoms with Gasteiger partial charge in [0.2, 0.25) is 0 Å². The highest BCUT2D eigenvalue weighted by Crippen LogP contribution is 2.31. The van der Waals surface area contributed by atoms with Crippen LogP contribution >= 0.6 is 0 Å². The molecule has 0 heterocycles. The van der Waals surface area contributed by atoms with Crippen molar-refractivity contribution in [3.8, 4) is 0 Å². The number of nitro groups is 1. The molecule has 0 saturated heterocycles. The molecule has 0 saturated carbocycles. The fourth-order valence-electron chi connectivity index (χ4n) is 2.41. The first kappa shape index (κ1) is 19.4. The van der Waals surface area contributed by atoms with Gasteiger partial charge in [0.05, 0.1) is 17.7 Å². The maximum absolute atomic E-state index is 13.2. The molecule has 0 spiro atoms. The van der Waals surface area contributed by atoms with Gasteiger partial charge in [0.15, 0.2) is 4.90 Å². The predicted molar refractivity (Wildman–Crippen MR) is 95.6 cm³/mol. The molecule has 0 aromatic heterocycles. The zero-order valence-corrected chi connectivity index (χ0v) is 15.3. The van der Waals surface area contributed by atoms with Crippen LogP contribution in [0.5, 0.6) is 0 Å². The number of nitrogens with zero attached hydrogens (tertiary/aromatic N) is 2. The summed E-state index contributed by atoms with van der Waals surface area (Å²) in [5.74, 6) is -0.784. The van der Waals surface area contributed by atoms with E-state index in [4.69, 9.17) is 0 Å². The molecule has 0 aliphatic carbocycles. The molecule has 0 amide bonds. The number of rotatable bonds is 6. The van der Waals surface area contributed by atoms with Gasteiger partial charge in [0, 0.05) is 6.07 Å². The summed E-state index contributed by atoms with van der Waals surface area (Å²) in [6.45, 7) is 2.86. The second kappa shape index (κ2) is 7.52.